The van der Waals surface area contributed by atoms with E-state index in [0.717, 1.165) is 48.7 Å². The molecule has 2 aromatic carbocycles. The zero-order chi connectivity index (χ0) is 21.1. The van der Waals surface area contributed by atoms with Gasteiger partial charge in [-0.25, -0.2) is 22.2 Å². The normalized spacial score (nSPS) is 11.9. The Labute approximate surface area is 161 Å². The predicted octanol–water partition coefficient (Wildman–Crippen LogP) is 2.86. The molecule has 2 N–H and O–H groups in total. The lowest BCUT2D eigenvalue weighted by atomic mass is 10.0. The third-order valence-corrected chi connectivity index (χ3v) is 4.02. The number of hydrogen-bond acceptors (Lipinski definition) is 4. The van der Waals surface area contributed by atoms with Gasteiger partial charge in [0.05, 0.1) is 6.20 Å². The van der Waals surface area contributed by atoms with Crippen molar-refractivity contribution in [3.05, 3.63) is 87.8 Å². The van der Waals surface area contributed by atoms with Crippen molar-refractivity contribution in [2.24, 2.45) is 5.73 Å². The van der Waals surface area contributed by atoms with Crippen molar-refractivity contribution in [2.45, 2.75) is 12.5 Å². The second-order valence-electron chi connectivity index (χ2n) is 5.95. The molecule has 29 heavy (non-hydrogen) atoms. The number of aromatic nitrogens is 2. The monoisotopic (exact) mass is 407 g/mol. The molecule has 0 aliphatic heterocycles. The number of nitrogens with two attached hydrogens (primary N) is 1. The first kappa shape index (κ1) is 20.1. The molecule has 0 spiro atoms. The number of halogens is 4. The molecule has 1 amide bonds. The van der Waals surface area contributed by atoms with Crippen molar-refractivity contribution in [1.29, 1.82) is 0 Å². The van der Waals surface area contributed by atoms with Crippen LogP contribution in [0.5, 0.6) is 11.5 Å². The molecule has 0 radical (unpaired) electrons. The minimum absolute atomic E-state index is 0.310. The van der Waals surface area contributed by atoms with Crippen LogP contribution in [0.4, 0.5) is 17.6 Å². The van der Waals surface area contributed by atoms with Gasteiger partial charge in [-0.1, -0.05) is 12.1 Å². The summed E-state index contributed by atoms with van der Waals surface area (Å²) in [5.41, 5.74) is 3.90. The van der Waals surface area contributed by atoms with Crippen molar-refractivity contribution >= 4 is 5.91 Å². The van der Waals surface area contributed by atoms with Crippen LogP contribution in [0.25, 0.3) is 0 Å². The smallest absolute Gasteiger partial charge is 0.271 e. The lowest BCUT2D eigenvalue weighted by molar-refractivity contribution is -0.121. The van der Waals surface area contributed by atoms with Crippen LogP contribution in [0.2, 0.25) is 0 Å². The molecule has 0 fully saturated rings. The van der Waals surface area contributed by atoms with Gasteiger partial charge in [-0.15, -0.1) is 0 Å². The van der Waals surface area contributed by atoms with Gasteiger partial charge >= 0.3 is 0 Å². The Bertz CT molecular complexity index is 1090. The van der Waals surface area contributed by atoms with E-state index >= 15 is 0 Å². The van der Waals surface area contributed by atoms with Gasteiger partial charge in [0.1, 0.15) is 17.7 Å². The van der Waals surface area contributed by atoms with E-state index in [9.17, 15) is 27.2 Å². The molecule has 1 atom stereocenters. The van der Waals surface area contributed by atoms with Crippen LogP contribution in [-0.2, 0) is 11.2 Å². The Morgan fingerprint density at radius 1 is 1.03 bits per heavy atom. The zero-order valence-corrected chi connectivity index (χ0v) is 14.6. The lowest BCUT2D eigenvalue weighted by Gasteiger charge is -2.16. The second-order valence-corrected chi connectivity index (χ2v) is 5.95. The van der Waals surface area contributed by atoms with E-state index in [1.54, 1.807) is 0 Å². The minimum atomic E-state index is -1.51. The standard InChI is InChI=1S/C19H13F4N3O3/c20-12-3-1-4-13(21)11(12)8-16(19(24)28)26-17(27)7-10(9-25-26)29-18-14(22)5-2-6-15(18)23/h1-7,9,16H,8H2,(H2,24,28). The second kappa shape index (κ2) is 8.13. The maximum atomic E-state index is 13.9. The molecule has 0 saturated carbocycles. The summed E-state index contributed by atoms with van der Waals surface area (Å²) in [6, 6.07) is 5.48. The molecule has 1 aromatic heterocycles. The van der Waals surface area contributed by atoms with E-state index in [0.29, 0.717) is 4.68 Å². The summed E-state index contributed by atoms with van der Waals surface area (Å²) in [5, 5.41) is 3.70. The highest BCUT2D eigenvalue weighted by Gasteiger charge is 2.24. The number of amides is 1. The van der Waals surface area contributed by atoms with Crippen LogP contribution in [0.15, 0.2) is 53.5 Å². The number of para-hydroxylation sites is 1. The highest BCUT2D eigenvalue weighted by molar-refractivity contribution is 5.78. The average molecular weight is 407 g/mol. The van der Waals surface area contributed by atoms with Gasteiger partial charge in [0.15, 0.2) is 23.1 Å². The molecular formula is C19H13F4N3O3. The number of ether oxygens (including phenoxy) is 1. The van der Waals surface area contributed by atoms with Gasteiger partial charge in [0, 0.05) is 18.1 Å². The third-order valence-electron chi connectivity index (χ3n) is 4.02. The first-order valence-corrected chi connectivity index (χ1v) is 8.21. The quantitative estimate of drug-likeness (QED) is 0.637. The number of hydrogen-bond donors (Lipinski definition) is 1. The van der Waals surface area contributed by atoms with Gasteiger partial charge in [0.2, 0.25) is 5.91 Å². The summed E-state index contributed by atoms with van der Waals surface area (Å²) in [4.78, 5) is 24.1. The molecule has 3 rings (SSSR count). The number of benzene rings is 2. The van der Waals surface area contributed by atoms with Crippen LogP contribution < -0.4 is 16.0 Å². The van der Waals surface area contributed by atoms with Crippen LogP contribution in [0.1, 0.15) is 11.6 Å². The lowest BCUT2D eigenvalue weighted by Crippen LogP contribution is -2.36. The number of rotatable bonds is 6. The molecule has 10 heteroatoms. The molecule has 1 unspecified atom stereocenters. The summed E-state index contributed by atoms with van der Waals surface area (Å²) in [7, 11) is 0. The molecular weight excluding hydrogens is 394 g/mol. The highest BCUT2D eigenvalue weighted by Crippen LogP contribution is 2.26. The average Bonchev–Trinajstić information content (AvgIpc) is 2.65. The van der Waals surface area contributed by atoms with Crippen molar-refractivity contribution in [3.63, 3.8) is 0 Å². The van der Waals surface area contributed by atoms with Crippen LogP contribution in [0.3, 0.4) is 0 Å². The SMILES string of the molecule is NC(=O)C(Cc1c(F)cccc1F)n1ncc(Oc2c(F)cccc2F)cc1=O. The highest BCUT2D eigenvalue weighted by atomic mass is 19.1. The molecule has 1 heterocycles. The van der Waals surface area contributed by atoms with Gasteiger partial charge in [-0.05, 0) is 24.3 Å². The van der Waals surface area contributed by atoms with Gasteiger partial charge in [0.25, 0.3) is 5.56 Å². The predicted molar refractivity (Wildman–Crippen MR) is 93.2 cm³/mol. The molecule has 0 aliphatic carbocycles. The summed E-state index contributed by atoms with van der Waals surface area (Å²) in [6.07, 6.45) is 0.351. The summed E-state index contributed by atoms with van der Waals surface area (Å²) in [6.45, 7) is 0. The summed E-state index contributed by atoms with van der Waals surface area (Å²) < 4.78 is 60.7. The molecule has 0 aliphatic rings. The van der Waals surface area contributed by atoms with Crippen molar-refractivity contribution in [2.75, 3.05) is 0 Å². The fraction of sp³-hybridized carbons (Fsp3) is 0.105. The van der Waals surface area contributed by atoms with Gasteiger partial charge in [-0.2, -0.15) is 5.10 Å². The zero-order valence-electron chi connectivity index (χ0n) is 14.6. The number of carbonyl (C=O) groups is 1. The van der Waals surface area contributed by atoms with E-state index in [-0.39, 0.29) is 5.75 Å². The van der Waals surface area contributed by atoms with Crippen LogP contribution in [-0.4, -0.2) is 15.7 Å². The maximum Gasteiger partial charge on any atom is 0.271 e. The Morgan fingerprint density at radius 3 is 2.10 bits per heavy atom. The van der Waals surface area contributed by atoms with Crippen molar-refractivity contribution in [1.82, 2.24) is 9.78 Å². The van der Waals surface area contributed by atoms with Crippen molar-refractivity contribution < 1.29 is 27.1 Å². The molecule has 0 saturated heterocycles. The van der Waals surface area contributed by atoms with Gasteiger partial charge < -0.3 is 10.5 Å². The van der Waals surface area contributed by atoms with Gasteiger partial charge in [-0.3, -0.25) is 9.59 Å². The Morgan fingerprint density at radius 2 is 1.59 bits per heavy atom. The molecule has 3 aromatic rings. The van der Waals surface area contributed by atoms with Crippen molar-refractivity contribution in [3.8, 4) is 11.5 Å². The summed E-state index contributed by atoms with van der Waals surface area (Å²) in [5.74, 6) is -5.95. The Hall–Kier alpha value is -3.69. The number of primary amides is 1. The van der Waals surface area contributed by atoms with E-state index in [4.69, 9.17) is 10.5 Å². The Kier molecular flexibility index (Phi) is 5.62. The van der Waals surface area contributed by atoms with Crippen LogP contribution >= 0.6 is 0 Å². The van der Waals surface area contributed by atoms with E-state index < -0.39 is 58.5 Å². The minimum Gasteiger partial charge on any atom is -0.449 e. The maximum absolute atomic E-state index is 13.9. The largest absolute Gasteiger partial charge is 0.449 e. The number of nitrogens with zero attached hydrogens (tertiary/aromatic N) is 2. The Balaban J connectivity index is 1.93. The molecule has 0 bridgehead atoms. The number of carbonyl (C=O) groups excluding carboxylic acids is 1. The van der Waals surface area contributed by atoms with Crippen LogP contribution in [0, 0.1) is 23.3 Å². The fourth-order valence-electron chi connectivity index (χ4n) is 2.62. The van der Waals surface area contributed by atoms with E-state index in [1.807, 2.05) is 0 Å². The fourth-order valence-corrected chi connectivity index (χ4v) is 2.62. The molecule has 150 valence electrons. The topological polar surface area (TPSA) is 87.2 Å². The first-order chi connectivity index (χ1) is 13.8. The molecule has 6 nitrogen and oxygen atoms in total. The summed E-state index contributed by atoms with van der Waals surface area (Å²) >= 11 is 0. The van der Waals surface area contributed by atoms with E-state index in [2.05, 4.69) is 5.10 Å². The van der Waals surface area contributed by atoms with E-state index in [1.165, 1.54) is 0 Å². The third kappa shape index (κ3) is 4.26. The first-order valence-electron chi connectivity index (χ1n) is 8.21.